The molecule has 4 nitrogen and oxygen atoms in total. The smallest absolute Gasteiger partial charge is 0.228 e. The Labute approximate surface area is 96.0 Å². The van der Waals surface area contributed by atoms with Crippen LogP contribution in [0.5, 0.6) is 0 Å². The van der Waals surface area contributed by atoms with Crippen LogP contribution in [0.3, 0.4) is 0 Å². The molecule has 0 radical (unpaired) electrons. The van der Waals surface area contributed by atoms with Crippen LogP contribution in [0.2, 0.25) is 0 Å². The van der Waals surface area contributed by atoms with Gasteiger partial charge in [0.15, 0.2) is 0 Å². The first-order valence-corrected chi connectivity index (χ1v) is 5.46. The SMILES string of the molecule is C=CCN(CC=C)C(=O)C1CCC(=O)NC1. The molecule has 1 aliphatic heterocycles. The number of piperidine rings is 1. The highest BCUT2D eigenvalue weighted by Crippen LogP contribution is 2.14. The zero-order valence-corrected chi connectivity index (χ0v) is 9.45. The van der Waals surface area contributed by atoms with Gasteiger partial charge in [-0.1, -0.05) is 12.2 Å². The zero-order chi connectivity index (χ0) is 12.0. The van der Waals surface area contributed by atoms with Crippen molar-refractivity contribution in [3.05, 3.63) is 25.3 Å². The van der Waals surface area contributed by atoms with Gasteiger partial charge in [-0.15, -0.1) is 13.2 Å². The normalized spacial score (nSPS) is 19.8. The molecule has 2 amide bonds. The number of nitrogens with zero attached hydrogens (tertiary/aromatic N) is 1. The third kappa shape index (κ3) is 3.22. The van der Waals surface area contributed by atoms with Crippen LogP contribution in [0.1, 0.15) is 12.8 Å². The Balaban J connectivity index is 2.55. The second kappa shape index (κ2) is 6.10. The van der Waals surface area contributed by atoms with Crippen molar-refractivity contribution in [3.8, 4) is 0 Å². The fraction of sp³-hybridized carbons (Fsp3) is 0.500. The lowest BCUT2D eigenvalue weighted by atomic mass is 9.97. The molecule has 4 heteroatoms. The van der Waals surface area contributed by atoms with E-state index in [9.17, 15) is 9.59 Å². The number of rotatable bonds is 5. The number of hydrogen-bond acceptors (Lipinski definition) is 2. The van der Waals surface area contributed by atoms with Crippen molar-refractivity contribution in [1.29, 1.82) is 0 Å². The molecule has 0 aliphatic carbocycles. The molecule has 1 rings (SSSR count). The number of carbonyl (C=O) groups is 2. The minimum absolute atomic E-state index is 0.0306. The van der Waals surface area contributed by atoms with Crippen LogP contribution in [-0.2, 0) is 9.59 Å². The molecule has 0 aromatic carbocycles. The minimum Gasteiger partial charge on any atom is -0.355 e. The minimum atomic E-state index is -0.0994. The third-order valence-corrected chi connectivity index (χ3v) is 2.63. The maximum absolute atomic E-state index is 12.1. The van der Waals surface area contributed by atoms with Crippen molar-refractivity contribution in [1.82, 2.24) is 10.2 Å². The van der Waals surface area contributed by atoms with Crippen molar-refractivity contribution >= 4 is 11.8 Å². The van der Waals surface area contributed by atoms with Gasteiger partial charge < -0.3 is 10.2 Å². The first-order chi connectivity index (χ1) is 7.69. The molecular weight excluding hydrogens is 204 g/mol. The van der Waals surface area contributed by atoms with Gasteiger partial charge in [-0.3, -0.25) is 9.59 Å². The number of hydrogen-bond donors (Lipinski definition) is 1. The van der Waals surface area contributed by atoms with Crippen LogP contribution in [0, 0.1) is 5.92 Å². The predicted octanol–water partition coefficient (Wildman–Crippen LogP) is 0.713. The topological polar surface area (TPSA) is 49.4 Å². The lowest BCUT2D eigenvalue weighted by Crippen LogP contribution is -2.45. The molecule has 1 unspecified atom stereocenters. The van der Waals surface area contributed by atoms with Crippen LogP contribution < -0.4 is 5.32 Å². The first kappa shape index (κ1) is 12.5. The Kier molecular flexibility index (Phi) is 4.76. The summed E-state index contributed by atoms with van der Waals surface area (Å²) in [6.45, 7) is 8.74. The largest absolute Gasteiger partial charge is 0.355 e. The lowest BCUT2D eigenvalue weighted by molar-refractivity contribution is -0.136. The lowest BCUT2D eigenvalue weighted by Gasteiger charge is -2.27. The molecule has 88 valence electrons. The molecule has 0 bridgehead atoms. The van der Waals surface area contributed by atoms with Crippen molar-refractivity contribution in [2.75, 3.05) is 19.6 Å². The van der Waals surface area contributed by atoms with Gasteiger partial charge in [0.1, 0.15) is 0 Å². The van der Waals surface area contributed by atoms with Crippen LogP contribution in [0.15, 0.2) is 25.3 Å². The summed E-state index contributed by atoms with van der Waals surface area (Å²) in [6, 6.07) is 0. The van der Waals surface area contributed by atoms with E-state index in [1.54, 1.807) is 17.1 Å². The van der Waals surface area contributed by atoms with Gasteiger partial charge in [0, 0.05) is 26.1 Å². The maximum Gasteiger partial charge on any atom is 0.228 e. The molecule has 0 spiro atoms. The average molecular weight is 222 g/mol. The van der Waals surface area contributed by atoms with Gasteiger partial charge in [-0.25, -0.2) is 0 Å². The molecule has 1 aliphatic rings. The second-order valence-electron chi connectivity index (χ2n) is 3.86. The van der Waals surface area contributed by atoms with Gasteiger partial charge in [0.05, 0.1) is 5.92 Å². The van der Waals surface area contributed by atoms with E-state index in [0.717, 1.165) is 0 Å². The quantitative estimate of drug-likeness (QED) is 0.697. The summed E-state index contributed by atoms with van der Waals surface area (Å²) in [7, 11) is 0. The summed E-state index contributed by atoms with van der Waals surface area (Å²) in [6.07, 6.45) is 4.47. The van der Waals surface area contributed by atoms with Gasteiger partial charge in [0.25, 0.3) is 0 Å². The van der Waals surface area contributed by atoms with E-state index in [2.05, 4.69) is 18.5 Å². The standard InChI is InChI=1S/C12H18N2O2/c1-3-7-14(8-4-2)12(16)10-5-6-11(15)13-9-10/h3-4,10H,1-2,5-9H2,(H,13,15). The van der Waals surface area contributed by atoms with E-state index in [0.29, 0.717) is 32.5 Å². The molecule has 1 atom stereocenters. The van der Waals surface area contributed by atoms with Crippen LogP contribution in [0.25, 0.3) is 0 Å². The van der Waals surface area contributed by atoms with Crippen molar-refractivity contribution in [3.63, 3.8) is 0 Å². The average Bonchev–Trinajstić information content (AvgIpc) is 2.29. The van der Waals surface area contributed by atoms with E-state index in [1.807, 2.05) is 0 Å². The third-order valence-electron chi connectivity index (χ3n) is 2.63. The van der Waals surface area contributed by atoms with Crippen molar-refractivity contribution in [2.24, 2.45) is 5.92 Å². The first-order valence-electron chi connectivity index (χ1n) is 5.46. The second-order valence-corrected chi connectivity index (χ2v) is 3.86. The van der Waals surface area contributed by atoms with E-state index in [-0.39, 0.29) is 17.7 Å². The van der Waals surface area contributed by atoms with E-state index >= 15 is 0 Å². The summed E-state index contributed by atoms with van der Waals surface area (Å²) in [4.78, 5) is 24.7. The Hall–Kier alpha value is -1.58. The summed E-state index contributed by atoms with van der Waals surface area (Å²) >= 11 is 0. The summed E-state index contributed by atoms with van der Waals surface area (Å²) in [5.41, 5.74) is 0. The van der Waals surface area contributed by atoms with Crippen molar-refractivity contribution in [2.45, 2.75) is 12.8 Å². The maximum atomic E-state index is 12.1. The summed E-state index contributed by atoms with van der Waals surface area (Å²) in [5.74, 6) is 0.000409. The molecule has 1 saturated heterocycles. The predicted molar refractivity (Wildman–Crippen MR) is 62.7 cm³/mol. The Bertz CT molecular complexity index is 279. The summed E-state index contributed by atoms with van der Waals surface area (Å²) in [5, 5.41) is 2.71. The van der Waals surface area contributed by atoms with Crippen LogP contribution in [-0.4, -0.2) is 36.3 Å². The highest BCUT2D eigenvalue weighted by Gasteiger charge is 2.27. The molecule has 1 heterocycles. The van der Waals surface area contributed by atoms with Gasteiger partial charge in [0.2, 0.25) is 11.8 Å². The Morgan fingerprint density at radius 1 is 1.44 bits per heavy atom. The molecule has 0 aromatic heterocycles. The molecule has 0 aromatic rings. The molecule has 1 N–H and O–H groups in total. The van der Waals surface area contributed by atoms with E-state index in [1.165, 1.54) is 0 Å². The number of carbonyl (C=O) groups excluding carboxylic acids is 2. The van der Waals surface area contributed by atoms with Crippen LogP contribution in [0.4, 0.5) is 0 Å². The van der Waals surface area contributed by atoms with E-state index < -0.39 is 0 Å². The fourth-order valence-corrected chi connectivity index (χ4v) is 1.77. The van der Waals surface area contributed by atoms with E-state index in [4.69, 9.17) is 0 Å². The molecule has 1 fully saturated rings. The molecular formula is C12H18N2O2. The fourth-order valence-electron chi connectivity index (χ4n) is 1.77. The van der Waals surface area contributed by atoms with Gasteiger partial charge >= 0.3 is 0 Å². The Morgan fingerprint density at radius 3 is 2.50 bits per heavy atom. The molecule has 0 saturated carbocycles. The zero-order valence-electron chi connectivity index (χ0n) is 9.45. The van der Waals surface area contributed by atoms with Crippen LogP contribution >= 0.6 is 0 Å². The van der Waals surface area contributed by atoms with Crippen molar-refractivity contribution < 1.29 is 9.59 Å². The Morgan fingerprint density at radius 2 is 2.06 bits per heavy atom. The van der Waals surface area contributed by atoms with Gasteiger partial charge in [-0.05, 0) is 6.42 Å². The highest BCUT2D eigenvalue weighted by atomic mass is 16.2. The summed E-state index contributed by atoms with van der Waals surface area (Å²) < 4.78 is 0. The number of nitrogens with one attached hydrogen (secondary N) is 1. The highest BCUT2D eigenvalue weighted by molar-refractivity contribution is 5.83. The van der Waals surface area contributed by atoms with Gasteiger partial charge in [-0.2, -0.15) is 0 Å². The number of amides is 2. The molecule has 16 heavy (non-hydrogen) atoms. The monoisotopic (exact) mass is 222 g/mol.